The van der Waals surface area contributed by atoms with E-state index in [1.165, 1.54) is 23.7 Å². The van der Waals surface area contributed by atoms with Crippen molar-refractivity contribution in [1.82, 2.24) is 10.3 Å². The van der Waals surface area contributed by atoms with E-state index in [1.54, 1.807) is 41.9 Å². The summed E-state index contributed by atoms with van der Waals surface area (Å²) in [7, 11) is 0. The van der Waals surface area contributed by atoms with E-state index in [1.807, 2.05) is 6.07 Å². The number of aromatic nitrogens is 1. The molecule has 126 valence electrons. The molecule has 6 nitrogen and oxygen atoms in total. The maximum atomic E-state index is 12.5. The van der Waals surface area contributed by atoms with Crippen molar-refractivity contribution in [2.24, 2.45) is 0 Å². The number of benzene rings is 1. The summed E-state index contributed by atoms with van der Waals surface area (Å²) in [5, 5.41) is 7.43. The highest BCUT2D eigenvalue weighted by Gasteiger charge is 2.16. The third kappa shape index (κ3) is 4.65. The molecule has 1 aromatic carbocycles. The lowest BCUT2D eigenvalue weighted by Crippen LogP contribution is -2.30. The van der Waals surface area contributed by atoms with E-state index >= 15 is 0 Å². The monoisotopic (exact) mass is 417 g/mol. The maximum absolute atomic E-state index is 12.5. The van der Waals surface area contributed by atoms with Gasteiger partial charge in [0.15, 0.2) is 5.13 Å². The van der Waals surface area contributed by atoms with Crippen LogP contribution in [0.4, 0.5) is 5.13 Å². The molecule has 3 rings (SSSR count). The van der Waals surface area contributed by atoms with Gasteiger partial charge in [0.25, 0.3) is 11.8 Å². The average Bonchev–Trinajstić information content (AvgIpc) is 3.28. The molecule has 0 radical (unpaired) electrons. The summed E-state index contributed by atoms with van der Waals surface area (Å²) in [4.78, 5) is 28.9. The summed E-state index contributed by atoms with van der Waals surface area (Å²) in [6, 6.07) is 10.2. The van der Waals surface area contributed by atoms with Gasteiger partial charge < -0.3 is 9.73 Å². The molecule has 8 heteroatoms. The fourth-order valence-corrected chi connectivity index (χ4v) is 2.87. The molecule has 0 bridgehead atoms. The first kappa shape index (κ1) is 17.1. The lowest BCUT2D eigenvalue weighted by Gasteiger charge is -2.09. The summed E-state index contributed by atoms with van der Waals surface area (Å²) in [6.07, 6.45) is 4.52. The molecular formula is C17H12BrN3O3S. The minimum absolute atomic E-state index is 0.0510. The number of nitrogens with zero attached hydrogens (tertiary/aromatic N) is 1. The lowest BCUT2D eigenvalue weighted by molar-refractivity contribution is -0.113. The summed E-state index contributed by atoms with van der Waals surface area (Å²) >= 11 is 4.60. The first-order chi connectivity index (χ1) is 12.1. The topological polar surface area (TPSA) is 84.2 Å². The summed E-state index contributed by atoms with van der Waals surface area (Å²) in [5.74, 6) is -0.457. The van der Waals surface area contributed by atoms with Crippen LogP contribution >= 0.6 is 27.3 Å². The van der Waals surface area contributed by atoms with E-state index in [0.29, 0.717) is 16.5 Å². The minimum Gasteiger partial charge on any atom is -0.465 e. The van der Waals surface area contributed by atoms with Crippen LogP contribution in [0.1, 0.15) is 16.1 Å². The van der Waals surface area contributed by atoms with Crippen LogP contribution in [0.3, 0.4) is 0 Å². The van der Waals surface area contributed by atoms with Crippen molar-refractivity contribution >= 4 is 50.3 Å². The Hall–Kier alpha value is -2.71. The van der Waals surface area contributed by atoms with Crippen molar-refractivity contribution in [3.8, 4) is 0 Å². The zero-order valence-corrected chi connectivity index (χ0v) is 15.1. The SMILES string of the molecule is O=C(Nc1nccs1)/C(=C/c1ccco1)NC(=O)c1cccc(Br)c1. The fourth-order valence-electron chi connectivity index (χ4n) is 1.95. The summed E-state index contributed by atoms with van der Waals surface area (Å²) in [5.41, 5.74) is 0.469. The molecule has 2 aromatic heterocycles. The molecule has 2 amide bonds. The molecule has 0 fully saturated rings. The number of amides is 2. The Labute approximate surface area is 155 Å². The molecule has 2 N–H and O–H groups in total. The number of carbonyl (C=O) groups is 2. The maximum Gasteiger partial charge on any atom is 0.274 e. The summed E-state index contributed by atoms with van der Waals surface area (Å²) < 4.78 is 6.00. The predicted octanol–water partition coefficient (Wildman–Crippen LogP) is 3.91. The van der Waals surface area contributed by atoms with Crippen LogP contribution in [0, 0.1) is 0 Å². The summed E-state index contributed by atoms with van der Waals surface area (Å²) in [6.45, 7) is 0. The number of nitrogens with one attached hydrogen (secondary N) is 2. The van der Waals surface area contributed by atoms with E-state index in [0.717, 1.165) is 4.47 Å². The van der Waals surface area contributed by atoms with Crippen LogP contribution in [0.5, 0.6) is 0 Å². The van der Waals surface area contributed by atoms with Gasteiger partial charge in [-0.1, -0.05) is 22.0 Å². The largest absolute Gasteiger partial charge is 0.465 e. The Morgan fingerprint density at radius 2 is 2.12 bits per heavy atom. The second kappa shape index (κ2) is 7.91. The lowest BCUT2D eigenvalue weighted by atomic mass is 10.2. The van der Waals surface area contributed by atoms with Crippen LogP contribution in [-0.2, 0) is 4.79 Å². The van der Waals surface area contributed by atoms with Crippen molar-refractivity contribution in [2.75, 3.05) is 5.32 Å². The van der Waals surface area contributed by atoms with Crippen molar-refractivity contribution in [2.45, 2.75) is 0 Å². The van der Waals surface area contributed by atoms with Crippen LogP contribution in [0.25, 0.3) is 6.08 Å². The molecule has 2 heterocycles. The number of furan rings is 1. The zero-order valence-electron chi connectivity index (χ0n) is 12.7. The molecule has 0 aliphatic rings. The van der Waals surface area contributed by atoms with E-state index < -0.39 is 11.8 Å². The van der Waals surface area contributed by atoms with Gasteiger partial charge in [-0.2, -0.15) is 0 Å². The molecule has 3 aromatic rings. The highest BCUT2D eigenvalue weighted by atomic mass is 79.9. The quantitative estimate of drug-likeness (QED) is 0.616. The Kier molecular flexibility index (Phi) is 5.42. The van der Waals surface area contributed by atoms with Gasteiger partial charge in [0.05, 0.1) is 6.26 Å². The van der Waals surface area contributed by atoms with Gasteiger partial charge in [-0.3, -0.25) is 14.9 Å². The number of hydrogen-bond acceptors (Lipinski definition) is 5. The van der Waals surface area contributed by atoms with Crippen LogP contribution in [-0.4, -0.2) is 16.8 Å². The van der Waals surface area contributed by atoms with Crippen molar-refractivity contribution in [3.63, 3.8) is 0 Å². The molecule has 0 unspecified atom stereocenters. The van der Waals surface area contributed by atoms with Crippen LogP contribution < -0.4 is 10.6 Å². The Morgan fingerprint density at radius 3 is 2.80 bits per heavy atom. The third-order valence-corrected chi connectivity index (χ3v) is 4.24. The van der Waals surface area contributed by atoms with Gasteiger partial charge in [0, 0.05) is 27.7 Å². The molecule has 0 atom stereocenters. The molecule has 0 saturated carbocycles. The van der Waals surface area contributed by atoms with E-state index in [2.05, 4.69) is 31.5 Å². The number of thiazole rings is 1. The molecule has 0 saturated heterocycles. The van der Waals surface area contributed by atoms with E-state index in [4.69, 9.17) is 4.42 Å². The smallest absolute Gasteiger partial charge is 0.274 e. The minimum atomic E-state index is -0.491. The van der Waals surface area contributed by atoms with Crippen molar-refractivity contribution in [1.29, 1.82) is 0 Å². The number of hydrogen-bond donors (Lipinski definition) is 2. The Balaban J connectivity index is 1.83. The van der Waals surface area contributed by atoms with E-state index in [-0.39, 0.29) is 5.70 Å². The number of anilines is 1. The van der Waals surface area contributed by atoms with Crippen LogP contribution in [0.2, 0.25) is 0 Å². The van der Waals surface area contributed by atoms with Gasteiger partial charge in [-0.15, -0.1) is 11.3 Å². The van der Waals surface area contributed by atoms with Gasteiger partial charge in [-0.05, 0) is 30.3 Å². The van der Waals surface area contributed by atoms with Gasteiger partial charge in [0.1, 0.15) is 11.5 Å². The third-order valence-electron chi connectivity index (χ3n) is 3.06. The molecule has 0 spiro atoms. The second-order valence-corrected chi connectivity index (χ2v) is 6.64. The zero-order chi connectivity index (χ0) is 17.6. The van der Waals surface area contributed by atoms with Gasteiger partial charge in [0.2, 0.25) is 0 Å². The van der Waals surface area contributed by atoms with E-state index in [9.17, 15) is 9.59 Å². The number of rotatable bonds is 5. The molecule has 0 aliphatic carbocycles. The van der Waals surface area contributed by atoms with Crippen molar-refractivity contribution < 1.29 is 14.0 Å². The fraction of sp³-hybridized carbons (Fsp3) is 0. The number of carbonyl (C=O) groups excluding carboxylic acids is 2. The molecular weight excluding hydrogens is 406 g/mol. The van der Waals surface area contributed by atoms with Crippen LogP contribution in [0.15, 0.2) is 68.8 Å². The predicted molar refractivity (Wildman–Crippen MR) is 99.0 cm³/mol. The van der Waals surface area contributed by atoms with Gasteiger partial charge in [-0.25, -0.2) is 4.98 Å². The van der Waals surface area contributed by atoms with Crippen molar-refractivity contribution in [3.05, 3.63) is 75.7 Å². The normalized spacial score (nSPS) is 11.2. The first-order valence-electron chi connectivity index (χ1n) is 7.15. The Morgan fingerprint density at radius 1 is 1.24 bits per heavy atom. The molecule has 25 heavy (non-hydrogen) atoms. The highest BCUT2D eigenvalue weighted by Crippen LogP contribution is 2.15. The number of halogens is 1. The second-order valence-electron chi connectivity index (χ2n) is 4.83. The van der Waals surface area contributed by atoms with Gasteiger partial charge >= 0.3 is 0 Å². The Bertz CT molecular complexity index is 905. The first-order valence-corrected chi connectivity index (χ1v) is 8.82. The molecule has 0 aliphatic heterocycles. The standard InChI is InChI=1S/C17H12BrN3O3S/c18-12-4-1-3-11(9-12)15(22)20-14(10-13-5-2-7-24-13)16(23)21-17-19-6-8-25-17/h1-10H,(H,20,22)(H,19,21,23)/b14-10-. The average molecular weight is 418 g/mol. The highest BCUT2D eigenvalue weighted by molar-refractivity contribution is 9.10.